The van der Waals surface area contributed by atoms with Crippen molar-refractivity contribution in [2.24, 2.45) is 15.9 Å². The van der Waals surface area contributed by atoms with Crippen molar-refractivity contribution < 1.29 is 24.5 Å². The molecule has 0 bridgehead atoms. The van der Waals surface area contributed by atoms with Crippen molar-refractivity contribution >= 4 is 23.5 Å². The van der Waals surface area contributed by atoms with Crippen molar-refractivity contribution in [2.45, 2.75) is 56.5 Å². The summed E-state index contributed by atoms with van der Waals surface area (Å²) in [5, 5.41) is 39.3. The molecule has 1 aliphatic rings. The number of nitrogens with zero attached hydrogens (tertiary/aromatic N) is 4. The smallest absolute Gasteiger partial charge is 0.311 e. The Morgan fingerprint density at radius 1 is 1.02 bits per heavy atom. The Morgan fingerprint density at radius 2 is 1.65 bits per heavy atom. The molecule has 1 heterocycles. The van der Waals surface area contributed by atoms with Crippen molar-refractivity contribution in [3.05, 3.63) is 117 Å². The highest BCUT2D eigenvalue weighted by atomic mass is 35.5. The van der Waals surface area contributed by atoms with E-state index in [0.717, 1.165) is 11.1 Å². The van der Waals surface area contributed by atoms with Crippen molar-refractivity contribution in [3.8, 4) is 6.07 Å². The number of nitriles is 1. The summed E-state index contributed by atoms with van der Waals surface area (Å²) in [5.74, 6) is -3.66. The summed E-state index contributed by atoms with van der Waals surface area (Å²) < 4.78 is 5.91. The normalized spacial score (nSPS) is 24.1. The Hall–Kier alpha value is -4.39. The monoisotopic (exact) mass is 643 g/mol. The highest BCUT2D eigenvalue weighted by Gasteiger charge is 2.67. The number of benzene rings is 3. The largest absolute Gasteiger partial charge is 0.481 e. The van der Waals surface area contributed by atoms with Crippen molar-refractivity contribution in [1.29, 1.82) is 5.26 Å². The SMILES string of the molecule is CC1NC(COCCN=[N+]=[N-])C(CCC(c2ccccc2)c2ccccc2)(C(=O)O)C(c2cccc(Cl)c2)C1(CCC#N)C(=O)O. The molecular formula is C35H38ClN5O5. The fourth-order valence-corrected chi connectivity index (χ4v) is 7.55. The van der Waals surface area contributed by atoms with Crippen LogP contribution in [0.4, 0.5) is 0 Å². The molecule has 3 aromatic carbocycles. The van der Waals surface area contributed by atoms with E-state index in [-0.39, 0.29) is 44.9 Å². The topological polar surface area (TPSA) is 168 Å². The number of carboxylic acid groups (broad SMARTS) is 2. The van der Waals surface area contributed by atoms with E-state index in [1.165, 1.54) is 0 Å². The van der Waals surface area contributed by atoms with Gasteiger partial charge in [-0.15, -0.1) is 0 Å². The Labute approximate surface area is 273 Å². The molecule has 3 aromatic rings. The van der Waals surface area contributed by atoms with Crippen LogP contribution in [0.1, 0.15) is 61.1 Å². The number of nitrogens with one attached hydrogen (secondary N) is 1. The molecule has 0 radical (unpaired) electrons. The second kappa shape index (κ2) is 15.7. The minimum atomic E-state index is -1.73. The van der Waals surface area contributed by atoms with E-state index in [1.807, 2.05) is 60.7 Å². The van der Waals surface area contributed by atoms with Crippen molar-refractivity contribution in [1.82, 2.24) is 5.32 Å². The summed E-state index contributed by atoms with van der Waals surface area (Å²) in [6, 6.07) is 26.8. The Bertz CT molecular complexity index is 1540. The van der Waals surface area contributed by atoms with Gasteiger partial charge in [-0.2, -0.15) is 5.26 Å². The lowest BCUT2D eigenvalue weighted by Gasteiger charge is -2.58. The number of carbonyl (C=O) groups is 2. The third kappa shape index (κ3) is 7.04. The lowest BCUT2D eigenvalue weighted by Crippen LogP contribution is -2.71. The number of aliphatic carboxylic acids is 2. The van der Waals surface area contributed by atoms with Gasteiger partial charge in [-0.3, -0.25) is 9.59 Å². The standard InChI is InChI=1S/C35H38ClN5O5/c1-24-34(32(42)43,17-9-19-37)31(27-14-8-15-28(36)22-27)35(33(44)45,30(40-24)23-46-21-20-39-41-38)18-16-29(25-10-4-2-5-11-25)26-12-6-3-7-13-26/h2-8,10-15,22,24,29-31,40H,9,16-18,20-21,23H2,1H3,(H,42,43)(H,44,45). The van der Waals surface area contributed by atoms with Crippen LogP contribution in [-0.4, -0.2) is 54.0 Å². The molecule has 0 saturated carbocycles. The van der Waals surface area contributed by atoms with Crippen LogP contribution in [0.15, 0.2) is 90.0 Å². The zero-order valence-corrected chi connectivity index (χ0v) is 26.4. The molecule has 46 heavy (non-hydrogen) atoms. The lowest BCUT2D eigenvalue weighted by molar-refractivity contribution is -0.177. The first kappa shape index (κ1) is 34.5. The van der Waals surface area contributed by atoms with Crippen LogP contribution < -0.4 is 5.32 Å². The molecule has 3 N–H and O–H groups in total. The van der Waals surface area contributed by atoms with Crippen LogP contribution in [-0.2, 0) is 14.3 Å². The molecule has 4 rings (SSSR count). The summed E-state index contributed by atoms with van der Waals surface area (Å²) in [7, 11) is 0. The molecule has 240 valence electrons. The van der Waals surface area contributed by atoms with Crippen LogP contribution in [0.5, 0.6) is 0 Å². The number of halogens is 1. The minimum Gasteiger partial charge on any atom is -0.481 e. The zero-order valence-electron chi connectivity index (χ0n) is 25.6. The predicted molar refractivity (Wildman–Crippen MR) is 174 cm³/mol. The molecule has 1 fully saturated rings. The van der Waals surface area contributed by atoms with Gasteiger partial charge in [0.2, 0.25) is 0 Å². The van der Waals surface area contributed by atoms with Crippen LogP contribution >= 0.6 is 11.6 Å². The predicted octanol–water partition coefficient (Wildman–Crippen LogP) is 7.17. The van der Waals surface area contributed by atoms with Gasteiger partial charge in [0.25, 0.3) is 0 Å². The van der Waals surface area contributed by atoms with Gasteiger partial charge in [-0.25, -0.2) is 0 Å². The molecular weight excluding hydrogens is 606 g/mol. The minimum absolute atomic E-state index is 0.0574. The zero-order chi connectivity index (χ0) is 33.2. The van der Waals surface area contributed by atoms with E-state index < -0.39 is 40.8 Å². The van der Waals surface area contributed by atoms with E-state index in [2.05, 4.69) is 21.4 Å². The quantitative estimate of drug-likeness (QED) is 0.0682. The van der Waals surface area contributed by atoms with Gasteiger partial charge >= 0.3 is 11.9 Å². The molecule has 5 unspecified atom stereocenters. The van der Waals surface area contributed by atoms with Crippen molar-refractivity contribution in [2.75, 3.05) is 19.8 Å². The first-order valence-electron chi connectivity index (χ1n) is 15.3. The van der Waals surface area contributed by atoms with Gasteiger partial charge in [0.15, 0.2) is 0 Å². The van der Waals surface area contributed by atoms with Crippen LogP contribution in [0.3, 0.4) is 0 Å². The first-order valence-corrected chi connectivity index (χ1v) is 15.6. The molecule has 0 aromatic heterocycles. The number of hydrogen-bond donors (Lipinski definition) is 3. The summed E-state index contributed by atoms with van der Waals surface area (Å²) in [4.78, 5) is 30.3. The summed E-state index contributed by atoms with van der Waals surface area (Å²) >= 11 is 6.48. The van der Waals surface area contributed by atoms with Gasteiger partial charge < -0.3 is 20.3 Å². The fraction of sp³-hybridized carbons (Fsp3) is 0.400. The number of azide groups is 1. The second-order valence-electron chi connectivity index (χ2n) is 11.7. The molecule has 5 atom stereocenters. The van der Waals surface area contributed by atoms with Crippen molar-refractivity contribution in [3.63, 3.8) is 0 Å². The number of carboxylic acids is 2. The molecule has 11 heteroatoms. The molecule has 1 saturated heterocycles. The van der Waals surface area contributed by atoms with Gasteiger partial charge in [-0.05, 0) is 60.5 Å². The average molecular weight is 644 g/mol. The number of hydrogen-bond acceptors (Lipinski definition) is 6. The van der Waals surface area contributed by atoms with Gasteiger partial charge in [0.1, 0.15) is 0 Å². The highest BCUT2D eigenvalue weighted by molar-refractivity contribution is 6.30. The Kier molecular flexibility index (Phi) is 11.8. The fourth-order valence-electron chi connectivity index (χ4n) is 7.36. The second-order valence-corrected chi connectivity index (χ2v) is 12.2. The van der Waals surface area contributed by atoms with E-state index in [9.17, 15) is 25.1 Å². The molecule has 0 amide bonds. The molecule has 10 nitrogen and oxygen atoms in total. The first-order chi connectivity index (χ1) is 22.2. The van der Waals surface area contributed by atoms with Crippen LogP contribution in [0, 0.1) is 22.2 Å². The molecule has 0 aliphatic carbocycles. The van der Waals surface area contributed by atoms with Gasteiger partial charge in [-0.1, -0.05) is 89.5 Å². The Morgan fingerprint density at radius 3 is 2.20 bits per heavy atom. The third-order valence-corrected chi connectivity index (χ3v) is 9.67. The molecule has 0 spiro atoms. The Balaban J connectivity index is 1.94. The van der Waals surface area contributed by atoms with Gasteiger partial charge in [0.05, 0.1) is 30.1 Å². The summed E-state index contributed by atoms with van der Waals surface area (Å²) in [6.45, 7) is 1.76. The maximum absolute atomic E-state index is 14.0. The van der Waals surface area contributed by atoms with Crippen LogP contribution in [0.25, 0.3) is 10.4 Å². The third-order valence-electron chi connectivity index (χ3n) is 9.44. The number of piperidine rings is 1. The maximum atomic E-state index is 14.0. The maximum Gasteiger partial charge on any atom is 0.311 e. The van der Waals surface area contributed by atoms with E-state index >= 15 is 0 Å². The molecule has 1 aliphatic heterocycles. The van der Waals surface area contributed by atoms with E-state index in [1.54, 1.807) is 31.2 Å². The van der Waals surface area contributed by atoms with E-state index in [0.29, 0.717) is 17.0 Å². The number of rotatable bonds is 15. The summed E-state index contributed by atoms with van der Waals surface area (Å²) in [5.41, 5.74) is 7.76. The average Bonchev–Trinajstić information content (AvgIpc) is 3.05. The lowest BCUT2D eigenvalue weighted by atomic mass is 9.49. The number of ether oxygens (including phenoxy) is 1. The van der Waals surface area contributed by atoms with Crippen LogP contribution in [0.2, 0.25) is 5.02 Å². The summed E-state index contributed by atoms with van der Waals surface area (Å²) in [6.07, 6.45) is 0.274. The highest BCUT2D eigenvalue weighted by Crippen LogP contribution is 2.60. The van der Waals surface area contributed by atoms with E-state index in [4.69, 9.17) is 21.9 Å². The van der Waals surface area contributed by atoms with Gasteiger partial charge in [0, 0.05) is 46.8 Å².